The summed E-state index contributed by atoms with van der Waals surface area (Å²) in [6, 6.07) is 9.99. The van der Waals surface area contributed by atoms with Gasteiger partial charge in [0, 0.05) is 32.4 Å². The standard InChI is InChI=1S/C20H22N6O2S/c1-14-8-10-26(29(27,28)16-5-3-15(11-21)4-6-16)12-18(14)25(2)20-17-7-9-22-19(17)23-13-24-20/h3-7,9,13-14,18H,8,10,12H2,1-2H3,(H,22,23,24). The molecule has 0 amide bonds. The Morgan fingerprint density at radius 2 is 2.00 bits per heavy atom. The van der Waals surface area contributed by atoms with Gasteiger partial charge in [0.1, 0.15) is 17.8 Å². The molecule has 3 aromatic rings. The SMILES string of the molecule is CC1CCN(S(=O)(=O)c2ccc(C#N)cc2)CC1N(C)c1ncnc2[nH]ccc12. The Kier molecular flexibility index (Phi) is 4.98. The summed E-state index contributed by atoms with van der Waals surface area (Å²) in [6.45, 7) is 2.98. The molecule has 4 rings (SSSR count). The molecular formula is C20H22N6O2S. The van der Waals surface area contributed by atoms with E-state index < -0.39 is 10.0 Å². The summed E-state index contributed by atoms with van der Waals surface area (Å²) in [5.41, 5.74) is 1.19. The number of aromatic amines is 1. The molecular weight excluding hydrogens is 388 g/mol. The summed E-state index contributed by atoms with van der Waals surface area (Å²) in [5.74, 6) is 1.09. The van der Waals surface area contributed by atoms with Gasteiger partial charge in [-0.2, -0.15) is 9.57 Å². The quantitative estimate of drug-likeness (QED) is 0.708. The minimum absolute atomic E-state index is 0.0232. The maximum Gasteiger partial charge on any atom is 0.243 e. The Hall–Kier alpha value is -2.96. The number of nitrogens with zero attached hydrogens (tertiary/aromatic N) is 5. The summed E-state index contributed by atoms with van der Waals surface area (Å²) in [5, 5.41) is 9.86. The highest BCUT2D eigenvalue weighted by Gasteiger charge is 2.36. The van der Waals surface area contributed by atoms with Crippen molar-refractivity contribution < 1.29 is 8.42 Å². The molecule has 0 saturated carbocycles. The summed E-state index contributed by atoms with van der Waals surface area (Å²) in [6.07, 6.45) is 4.10. The minimum Gasteiger partial charge on any atom is -0.354 e. The maximum atomic E-state index is 13.2. The fraction of sp³-hybridized carbons (Fsp3) is 0.350. The Labute approximate surface area is 169 Å². The van der Waals surface area contributed by atoms with E-state index in [-0.39, 0.29) is 10.9 Å². The Bertz CT molecular complexity index is 1170. The fourth-order valence-electron chi connectivity index (χ4n) is 3.89. The molecule has 2 atom stereocenters. The molecule has 150 valence electrons. The third kappa shape index (κ3) is 3.45. The van der Waals surface area contributed by atoms with Crippen LogP contribution in [0.15, 0.2) is 47.8 Å². The number of hydrogen-bond acceptors (Lipinski definition) is 6. The lowest BCUT2D eigenvalue weighted by molar-refractivity contribution is 0.247. The fourth-order valence-corrected chi connectivity index (χ4v) is 5.36. The highest BCUT2D eigenvalue weighted by Crippen LogP contribution is 2.30. The van der Waals surface area contributed by atoms with Crippen LogP contribution in [0, 0.1) is 17.2 Å². The highest BCUT2D eigenvalue weighted by molar-refractivity contribution is 7.89. The van der Waals surface area contributed by atoms with Gasteiger partial charge >= 0.3 is 0 Å². The number of nitriles is 1. The maximum absolute atomic E-state index is 13.2. The van der Waals surface area contributed by atoms with Crippen molar-refractivity contribution in [3.05, 3.63) is 48.4 Å². The molecule has 3 heterocycles. The van der Waals surface area contributed by atoms with Crippen LogP contribution in [0.2, 0.25) is 0 Å². The van der Waals surface area contributed by atoms with Gasteiger partial charge in [0.15, 0.2) is 0 Å². The number of anilines is 1. The van der Waals surface area contributed by atoms with E-state index in [0.717, 1.165) is 23.3 Å². The molecule has 1 saturated heterocycles. The zero-order valence-corrected chi connectivity index (χ0v) is 17.1. The number of benzene rings is 1. The molecule has 0 radical (unpaired) electrons. The first-order valence-corrected chi connectivity index (χ1v) is 10.9. The van der Waals surface area contributed by atoms with Crippen molar-refractivity contribution in [3.8, 4) is 6.07 Å². The van der Waals surface area contributed by atoms with Crippen molar-refractivity contribution in [1.29, 1.82) is 5.26 Å². The molecule has 2 unspecified atom stereocenters. The first-order valence-electron chi connectivity index (χ1n) is 9.43. The molecule has 0 bridgehead atoms. The van der Waals surface area contributed by atoms with Gasteiger partial charge in [0.05, 0.1) is 21.9 Å². The van der Waals surface area contributed by atoms with Gasteiger partial charge in [-0.1, -0.05) is 6.92 Å². The second-order valence-electron chi connectivity index (χ2n) is 7.38. The van der Waals surface area contributed by atoms with E-state index in [9.17, 15) is 8.42 Å². The van der Waals surface area contributed by atoms with Crippen LogP contribution < -0.4 is 4.90 Å². The van der Waals surface area contributed by atoms with Crippen LogP contribution in [0.5, 0.6) is 0 Å². The van der Waals surface area contributed by atoms with Crippen LogP contribution in [0.25, 0.3) is 11.0 Å². The first-order chi connectivity index (χ1) is 13.9. The molecule has 2 aromatic heterocycles. The normalized spacial score (nSPS) is 20.4. The van der Waals surface area contributed by atoms with E-state index in [2.05, 4.69) is 26.8 Å². The monoisotopic (exact) mass is 410 g/mol. The van der Waals surface area contributed by atoms with Crippen molar-refractivity contribution in [2.45, 2.75) is 24.3 Å². The first kappa shape index (κ1) is 19.4. The average molecular weight is 411 g/mol. The number of nitrogens with one attached hydrogen (secondary N) is 1. The number of fused-ring (bicyclic) bond motifs is 1. The second-order valence-corrected chi connectivity index (χ2v) is 9.32. The minimum atomic E-state index is -3.63. The van der Waals surface area contributed by atoms with Crippen LogP contribution in [0.4, 0.5) is 5.82 Å². The van der Waals surface area contributed by atoms with Gasteiger partial charge in [0.25, 0.3) is 0 Å². The molecule has 9 heteroatoms. The van der Waals surface area contributed by atoms with Gasteiger partial charge in [-0.25, -0.2) is 18.4 Å². The molecule has 1 aliphatic heterocycles. The smallest absolute Gasteiger partial charge is 0.243 e. The van der Waals surface area contributed by atoms with Crippen LogP contribution in [0.3, 0.4) is 0 Å². The van der Waals surface area contributed by atoms with Crippen LogP contribution in [0.1, 0.15) is 18.9 Å². The zero-order chi connectivity index (χ0) is 20.6. The van der Waals surface area contributed by atoms with Gasteiger partial charge in [0.2, 0.25) is 10.0 Å². The third-order valence-corrected chi connectivity index (χ3v) is 7.55. The summed E-state index contributed by atoms with van der Waals surface area (Å²) in [4.78, 5) is 14.0. The molecule has 0 aliphatic carbocycles. The van der Waals surface area contributed by atoms with E-state index in [4.69, 9.17) is 5.26 Å². The predicted molar refractivity (Wildman–Crippen MR) is 110 cm³/mol. The lowest BCUT2D eigenvalue weighted by atomic mass is 9.93. The predicted octanol–water partition coefficient (Wildman–Crippen LogP) is 2.37. The van der Waals surface area contributed by atoms with E-state index in [1.807, 2.05) is 25.4 Å². The van der Waals surface area contributed by atoms with E-state index in [1.54, 1.807) is 0 Å². The van der Waals surface area contributed by atoms with Crippen LogP contribution in [-0.4, -0.2) is 53.9 Å². The molecule has 1 aromatic carbocycles. The van der Waals surface area contributed by atoms with E-state index in [0.29, 0.717) is 24.6 Å². The second kappa shape index (κ2) is 7.46. The van der Waals surface area contributed by atoms with Crippen LogP contribution >= 0.6 is 0 Å². The summed E-state index contributed by atoms with van der Waals surface area (Å²) < 4.78 is 27.9. The van der Waals surface area contributed by atoms with Gasteiger partial charge in [-0.15, -0.1) is 0 Å². The Morgan fingerprint density at radius 1 is 1.24 bits per heavy atom. The lowest BCUT2D eigenvalue weighted by Gasteiger charge is -2.41. The van der Waals surface area contributed by atoms with Crippen molar-refractivity contribution in [2.75, 3.05) is 25.0 Å². The van der Waals surface area contributed by atoms with E-state index >= 15 is 0 Å². The number of H-pyrrole nitrogens is 1. The van der Waals surface area contributed by atoms with Gasteiger partial charge < -0.3 is 9.88 Å². The largest absolute Gasteiger partial charge is 0.354 e. The number of piperidine rings is 1. The topological polar surface area (TPSA) is 106 Å². The molecule has 0 spiro atoms. The highest BCUT2D eigenvalue weighted by atomic mass is 32.2. The Balaban J connectivity index is 1.62. The number of sulfonamides is 1. The van der Waals surface area contributed by atoms with Gasteiger partial charge in [-0.05, 0) is 42.7 Å². The van der Waals surface area contributed by atoms with Crippen LogP contribution in [-0.2, 0) is 10.0 Å². The zero-order valence-electron chi connectivity index (χ0n) is 16.3. The van der Waals surface area contributed by atoms with Gasteiger partial charge in [-0.3, -0.25) is 0 Å². The van der Waals surface area contributed by atoms with Crippen molar-refractivity contribution in [1.82, 2.24) is 19.3 Å². The average Bonchev–Trinajstić information content (AvgIpc) is 3.22. The number of rotatable bonds is 4. The molecule has 1 N–H and O–H groups in total. The third-order valence-electron chi connectivity index (χ3n) is 5.67. The van der Waals surface area contributed by atoms with Crippen molar-refractivity contribution in [2.24, 2.45) is 5.92 Å². The van der Waals surface area contributed by atoms with E-state index in [1.165, 1.54) is 34.9 Å². The molecule has 29 heavy (non-hydrogen) atoms. The van der Waals surface area contributed by atoms with Crippen molar-refractivity contribution >= 4 is 26.9 Å². The Morgan fingerprint density at radius 3 is 2.72 bits per heavy atom. The number of aromatic nitrogens is 3. The number of likely N-dealkylation sites (N-methyl/N-ethyl adjacent to an activating group) is 1. The lowest BCUT2D eigenvalue weighted by Crippen LogP contribution is -2.52. The molecule has 1 aliphatic rings. The van der Waals surface area contributed by atoms with Crippen molar-refractivity contribution in [3.63, 3.8) is 0 Å². The summed E-state index contributed by atoms with van der Waals surface area (Å²) in [7, 11) is -1.68. The summed E-state index contributed by atoms with van der Waals surface area (Å²) >= 11 is 0. The molecule has 8 nitrogen and oxygen atoms in total. The number of hydrogen-bond donors (Lipinski definition) is 1. The molecule has 1 fully saturated rings.